The van der Waals surface area contributed by atoms with Crippen LogP contribution in [0.5, 0.6) is 0 Å². The van der Waals surface area contributed by atoms with Crippen molar-refractivity contribution in [3.8, 4) is 0 Å². The molecule has 0 spiro atoms. The minimum atomic E-state index is -0.164. The Balaban J connectivity index is 2.67. The van der Waals surface area contributed by atoms with Gasteiger partial charge in [0.05, 0.1) is 29.1 Å². The summed E-state index contributed by atoms with van der Waals surface area (Å²) in [5, 5.41) is 0. The summed E-state index contributed by atoms with van der Waals surface area (Å²) in [5.74, 6) is 1.29. The maximum Gasteiger partial charge on any atom is 0.125 e. The molecule has 0 aliphatic rings. The Morgan fingerprint density at radius 3 is 2.72 bits per heavy atom. The fraction of sp³-hybridized carbons (Fsp3) is 0.500. The van der Waals surface area contributed by atoms with Gasteiger partial charge in [0, 0.05) is 7.11 Å². The van der Waals surface area contributed by atoms with E-state index in [0.29, 0.717) is 12.5 Å². The number of halogens is 1. The first kappa shape index (κ1) is 13.4. The molecule has 0 bridgehead atoms. The van der Waals surface area contributed by atoms with Crippen LogP contribution >= 0.6 is 11.6 Å². The van der Waals surface area contributed by atoms with Gasteiger partial charge < -0.3 is 9.30 Å². The second-order valence-corrected chi connectivity index (χ2v) is 5.50. The predicted molar refractivity (Wildman–Crippen MR) is 75.2 cm³/mol. The first-order chi connectivity index (χ1) is 8.49. The summed E-state index contributed by atoms with van der Waals surface area (Å²) in [5.41, 5.74) is 3.15. The first-order valence-corrected chi connectivity index (χ1v) is 6.56. The molecule has 0 amide bonds. The van der Waals surface area contributed by atoms with Gasteiger partial charge >= 0.3 is 0 Å². The Labute approximate surface area is 113 Å². The average Bonchev–Trinajstić information content (AvgIpc) is 2.66. The second kappa shape index (κ2) is 4.90. The summed E-state index contributed by atoms with van der Waals surface area (Å²) in [6.45, 7) is 6.95. The number of rotatable bonds is 4. The van der Waals surface area contributed by atoms with Gasteiger partial charge in [-0.05, 0) is 38.5 Å². The van der Waals surface area contributed by atoms with Crippen molar-refractivity contribution in [2.75, 3.05) is 13.7 Å². The molecular formula is C14H19ClN2O. The Morgan fingerprint density at radius 2 is 2.11 bits per heavy atom. The second-order valence-electron chi connectivity index (χ2n) is 5.23. The summed E-state index contributed by atoms with van der Waals surface area (Å²) in [4.78, 5) is 4.62. The molecule has 0 saturated heterocycles. The fourth-order valence-electron chi connectivity index (χ4n) is 2.42. The maximum atomic E-state index is 6.03. The average molecular weight is 267 g/mol. The molecule has 0 unspecified atom stereocenters. The van der Waals surface area contributed by atoms with Crippen molar-refractivity contribution in [2.24, 2.45) is 0 Å². The number of ether oxygens (including phenoxy) is 1. The molecule has 98 valence electrons. The van der Waals surface area contributed by atoms with Crippen molar-refractivity contribution >= 4 is 22.6 Å². The number of nitrogens with zero attached hydrogens (tertiary/aromatic N) is 2. The number of hydrogen-bond donors (Lipinski definition) is 0. The minimum Gasteiger partial charge on any atom is -0.382 e. The zero-order chi connectivity index (χ0) is 13.3. The van der Waals surface area contributed by atoms with Crippen LogP contribution in [0.1, 0.15) is 25.2 Å². The molecule has 0 N–H and O–H groups in total. The molecule has 1 heterocycles. The van der Waals surface area contributed by atoms with E-state index in [1.807, 2.05) is 0 Å². The van der Waals surface area contributed by atoms with Gasteiger partial charge in [-0.1, -0.05) is 6.07 Å². The molecular weight excluding hydrogens is 248 g/mol. The van der Waals surface area contributed by atoms with E-state index in [1.54, 1.807) is 7.11 Å². The molecule has 2 aromatic rings. The number of aromatic nitrogens is 2. The minimum absolute atomic E-state index is 0.164. The van der Waals surface area contributed by atoms with Crippen LogP contribution in [0.4, 0.5) is 0 Å². The van der Waals surface area contributed by atoms with Crippen molar-refractivity contribution in [1.82, 2.24) is 9.55 Å². The number of alkyl halides is 1. The molecule has 2 rings (SSSR count). The van der Waals surface area contributed by atoms with Crippen LogP contribution in [0, 0.1) is 6.92 Å². The SMILES string of the molecule is COCC(C)(C)n1c(CCl)nc2cc(C)ccc21. The van der Waals surface area contributed by atoms with Crippen molar-refractivity contribution in [2.45, 2.75) is 32.2 Å². The van der Waals surface area contributed by atoms with Crippen molar-refractivity contribution in [3.05, 3.63) is 29.6 Å². The van der Waals surface area contributed by atoms with Gasteiger partial charge in [-0.25, -0.2) is 4.98 Å². The molecule has 0 aliphatic heterocycles. The summed E-state index contributed by atoms with van der Waals surface area (Å²) >= 11 is 6.03. The molecule has 1 aromatic heterocycles. The van der Waals surface area contributed by atoms with Gasteiger partial charge in [-0.2, -0.15) is 0 Å². The standard InChI is InChI=1S/C14H19ClN2O/c1-10-5-6-12-11(7-10)16-13(8-15)17(12)14(2,3)9-18-4/h5-7H,8-9H2,1-4H3. The predicted octanol–water partition coefficient (Wildman–Crippen LogP) is 3.47. The first-order valence-electron chi connectivity index (χ1n) is 6.03. The van der Waals surface area contributed by atoms with E-state index < -0.39 is 0 Å². The number of methoxy groups -OCH3 is 1. The van der Waals surface area contributed by atoms with E-state index in [9.17, 15) is 0 Å². The highest BCUT2D eigenvalue weighted by atomic mass is 35.5. The normalized spacial score (nSPS) is 12.3. The zero-order valence-electron chi connectivity index (χ0n) is 11.3. The van der Waals surface area contributed by atoms with E-state index in [0.717, 1.165) is 16.9 Å². The van der Waals surface area contributed by atoms with Crippen LogP contribution in [-0.2, 0) is 16.2 Å². The molecule has 0 aliphatic carbocycles. The zero-order valence-corrected chi connectivity index (χ0v) is 12.1. The molecule has 0 radical (unpaired) electrons. The number of benzene rings is 1. The molecule has 0 fully saturated rings. The third kappa shape index (κ3) is 2.25. The molecule has 1 aromatic carbocycles. The van der Waals surface area contributed by atoms with E-state index in [-0.39, 0.29) is 5.54 Å². The van der Waals surface area contributed by atoms with Crippen molar-refractivity contribution < 1.29 is 4.74 Å². The Bertz CT molecular complexity index is 560. The fourth-order valence-corrected chi connectivity index (χ4v) is 2.60. The highest BCUT2D eigenvalue weighted by Crippen LogP contribution is 2.27. The molecule has 18 heavy (non-hydrogen) atoms. The van der Waals surface area contributed by atoms with Gasteiger partial charge in [0.25, 0.3) is 0 Å². The van der Waals surface area contributed by atoms with Crippen LogP contribution in [0.2, 0.25) is 0 Å². The smallest absolute Gasteiger partial charge is 0.125 e. The van der Waals surface area contributed by atoms with Gasteiger partial charge in [0.15, 0.2) is 0 Å². The number of aryl methyl sites for hydroxylation is 1. The lowest BCUT2D eigenvalue weighted by Gasteiger charge is -2.28. The van der Waals surface area contributed by atoms with Crippen LogP contribution in [0.3, 0.4) is 0 Å². The molecule has 3 nitrogen and oxygen atoms in total. The monoisotopic (exact) mass is 266 g/mol. The lowest BCUT2D eigenvalue weighted by atomic mass is 10.1. The number of hydrogen-bond acceptors (Lipinski definition) is 2. The quantitative estimate of drug-likeness (QED) is 0.793. The summed E-state index contributed by atoms with van der Waals surface area (Å²) < 4.78 is 7.49. The Kier molecular flexibility index (Phi) is 3.64. The topological polar surface area (TPSA) is 27.1 Å². The lowest BCUT2D eigenvalue weighted by Crippen LogP contribution is -2.32. The van der Waals surface area contributed by atoms with Crippen LogP contribution in [0.25, 0.3) is 11.0 Å². The highest BCUT2D eigenvalue weighted by Gasteiger charge is 2.25. The van der Waals surface area contributed by atoms with E-state index >= 15 is 0 Å². The van der Waals surface area contributed by atoms with E-state index in [1.165, 1.54) is 5.56 Å². The van der Waals surface area contributed by atoms with Crippen LogP contribution in [-0.4, -0.2) is 23.3 Å². The third-order valence-corrected chi connectivity index (χ3v) is 3.34. The van der Waals surface area contributed by atoms with Crippen LogP contribution in [0.15, 0.2) is 18.2 Å². The summed E-state index contributed by atoms with van der Waals surface area (Å²) in [7, 11) is 1.71. The Hall–Kier alpha value is -1.06. The largest absolute Gasteiger partial charge is 0.382 e. The van der Waals surface area contributed by atoms with Gasteiger partial charge in [-0.15, -0.1) is 11.6 Å². The molecule has 0 saturated carbocycles. The van der Waals surface area contributed by atoms with E-state index in [4.69, 9.17) is 16.3 Å². The van der Waals surface area contributed by atoms with Crippen molar-refractivity contribution in [1.29, 1.82) is 0 Å². The van der Waals surface area contributed by atoms with Crippen molar-refractivity contribution in [3.63, 3.8) is 0 Å². The third-order valence-electron chi connectivity index (χ3n) is 3.10. The van der Waals surface area contributed by atoms with Gasteiger partial charge in [-0.3, -0.25) is 0 Å². The summed E-state index contributed by atoms with van der Waals surface area (Å²) in [6, 6.07) is 6.29. The lowest BCUT2D eigenvalue weighted by molar-refractivity contribution is 0.110. The molecule has 0 atom stereocenters. The number of fused-ring (bicyclic) bond motifs is 1. The summed E-state index contributed by atoms with van der Waals surface area (Å²) in [6.07, 6.45) is 0. The van der Waals surface area contributed by atoms with Gasteiger partial charge in [0.2, 0.25) is 0 Å². The Morgan fingerprint density at radius 1 is 1.39 bits per heavy atom. The van der Waals surface area contributed by atoms with Gasteiger partial charge in [0.1, 0.15) is 5.82 Å². The van der Waals surface area contributed by atoms with Crippen LogP contribution < -0.4 is 0 Å². The maximum absolute atomic E-state index is 6.03. The molecule has 4 heteroatoms. The van der Waals surface area contributed by atoms with E-state index in [2.05, 4.69) is 48.5 Å². The highest BCUT2D eigenvalue weighted by molar-refractivity contribution is 6.16. The number of imidazole rings is 1.